The summed E-state index contributed by atoms with van der Waals surface area (Å²) in [6.07, 6.45) is 0.424. The third-order valence-electron chi connectivity index (χ3n) is 4.48. The minimum atomic E-state index is 0.166. The molecule has 1 fully saturated rings. The normalized spacial score (nSPS) is 14.8. The van der Waals surface area contributed by atoms with E-state index < -0.39 is 0 Å². The Balaban J connectivity index is 1.59. The maximum atomic E-state index is 12.5. The fourth-order valence-electron chi connectivity index (χ4n) is 3.02. The minimum absolute atomic E-state index is 0.166. The summed E-state index contributed by atoms with van der Waals surface area (Å²) < 4.78 is 0. The highest BCUT2D eigenvalue weighted by atomic mass is 35.5. The molecule has 0 unspecified atom stereocenters. The van der Waals surface area contributed by atoms with Gasteiger partial charge in [0.15, 0.2) is 0 Å². The summed E-state index contributed by atoms with van der Waals surface area (Å²) in [5.74, 6) is 0.166. The van der Waals surface area contributed by atoms with Gasteiger partial charge in [0.25, 0.3) is 0 Å². The highest BCUT2D eigenvalue weighted by Crippen LogP contribution is 2.27. The van der Waals surface area contributed by atoms with Crippen molar-refractivity contribution < 1.29 is 4.79 Å². The monoisotopic (exact) mass is 362 g/mol. The van der Waals surface area contributed by atoms with E-state index in [1.54, 1.807) is 0 Å². The summed E-state index contributed by atoms with van der Waals surface area (Å²) in [5.41, 5.74) is 3.25. The largest absolute Gasteiger partial charge is 0.368 e. The fraction of sp³-hybridized carbons (Fsp3) is 0.316. The molecule has 3 nitrogen and oxygen atoms in total. The van der Waals surface area contributed by atoms with Crippen molar-refractivity contribution in [2.24, 2.45) is 0 Å². The van der Waals surface area contributed by atoms with Crippen LogP contribution in [0, 0.1) is 6.92 Å². The molecule has 2 aromatic rings. The highest BCUT2D eigenvalue weighted by Gasteiger charge is 2.22. The molecule has 3 rings (SSSR count). The molecule has 2 aromatic carbocycles. The molecular formula is C19H20Cl2N2O. The average molecular weight is 363 g/mol. The van der Waals surface area contributed by atoms with Crippen molar-refractivity contribution in [3.63, 3.8) is 0 Å². The van der Waals surface area contributed by atoms with E-state index in [9.17, 15) is 4.79 Å². The number of halogens is 2. The van der Waals surface area contributed by atoms with Crippen molar-refractivity contribution in [1.82, 2.24) is 4.90 Å². The van der Waals surface area contributed by atoms with Crippen molar-refractivity contribution in [3.8, 4) is 0 Å². The van der Waals surface area contributed by atoms with Gasteiger partial charge in [0.2, 0.25) is 5.91 Å². The topological polar surface area (TPSA) is 23.6 Å². The molecule has 126 valence electrons. The second-order valence-electron chi connectivity index (χ2n) is 6.06. The number of benzene rings is 2. The smallest absolute Gasteiger partial charge is 0.227 e. The van der Waals surface area contributed by atoms with Crippen LogP contribution in [0.2, 0.25) is 10.0 Å². The number of carbonyl (C=O) groups is 1. The number of rotatable bonds is 3. The summed E-state index contributed by atoms with van der Waals surface area (Å²) in [4.78, 5) is 16.7. The second kappa shape index (κ2) is 7.45. The van der Waals surface area contributed by atoms with Crippen LogP contribution >= 0.6 is 23.2 Å². The third kappa shape index (κ3) is 3.85. The Labute approximate surface area is 152 Å². The zero-order chi connectivity index (χ0) is 17.1. The van der Waals surface area contributed by atoms with Crippen LogP contribution in [0.15, 0.2) is 42.5 Å². The molecule has 0 N–H and O–H groups in total. The van der Waals surface area contributed by atoms with Crippen LogP contribution in [0.4, 0.5) is 5.69 Å². The van der Waals surface area contributed by atoms with Crippen LogP contribution in [-0.2, 0) is 11.2 Å². The predicted molar refractivity (Wildman–Crippen MR) is 100 cm³/mol. The van der Waals surface area contributed by atoms with Gasteiger partial charge in [-0.1, -0.05) is 41.4 Å². The summed E-state index contributed by atoms with van der Waals surface area (Å²) in [5, 5.41) is 1.48. The van der Waals surface area contributed by atoms with Crippen LogP contribution in [0.1, 0.15) is 11.1 Å². The summed E-state index contributed by atoms with van der Waals surface area (Å²) in [6.45, 7) is 5.16. The van der Waals surface area contributed by atoms with E-state index in [1.807, 2.05) is 48.2 Å². The zero-order valence-electron chi connectivity index (χ0n) is 13.6. The molecule has 1 amide bonds. The van der Waals surface area contributed by atoms with Crippen molar-refractivity contribution in [1.29, 1.82) is 0 Å². The molecule has 1 saturated heterocycles. The van der Waals surface area contributed by atoms with E-state index in [4.69, 9.17) is 23.2 Å². The number of hydrogen-bond acceptors (Lipinski definition) is 2. The molecular weight excluding hydrogens is 343 g/mol. The van der Waals surface area contributed by atoms with Crippen LogP contribution in [-0.4, -0.2) is 37.0 Å². The van der Waals surface area contributed by atoms with Gasteiger partial charge in [-0.2, -0.15) is 0 Å². The number of amides is 1. The molecule has 5 heteroatoms. The molecule has 24 heavy (non-hydrogen) atoms. The first-order valence-corrected chi connectivity index (χ1v) is 8.82. The molecule has 0 bridgehead atoms. The molecule has 1 aliphatic rings. The number of piperazine rings is 1. The van der Waals surface area contributed by atoms with Crippen molar-refractivity contribution in [2.75, 3.05) is 31.1 Å². The average Bonchev–Trinajstić information content (AvgIpc) is 2.59. The van der Waals surface area contributed by atoms with Crippen LogP contribution in [0.3, 0.4) is 0 Å². The Bertz CT molecular complexity index is 723. The van der Waals surface area contributed by atoms with Gasteiger partial charge in [0.1, 0.15) is 0 Å². The quantitative estimate of drug-likeness (QED) is 0.816. The van der Waals surface area contributed by atoms with E-state index in [-0.39, 0.29) is 5.91 Å². The van der Waals surface area contributed by atoms with E-state index in [1.165, 1.54) is 0 Å². The Morgan fingerprint density at radius 1 is 1.00 bits per heavy atom. The van der Waals surface area contributed by atoms with Gasteiger partial charge in [-0.25, -0.2) is 0 Å². The number of hydrogen-bond donors (Lipinski definition) is 0. The van der Waals surface area contributed by atoms with Gasteiger partial charge in [0.05, 0.1) is 6.42 Å². The van der Waals surface area contributed by atoms with Crippen LogP contribution in [0.5, 0.6) is 0 Å². The van der Waals surface area contributed by atoms with Gasteiger partial charge in [-0.15, -0.1) is 0 Å². The van der Waals surface area contributed by atoms with E-state index in [2.05, 4.69) is 11.0 Å². The van der Waals surface area contributed by atoms with Gasteiger partial charge >= 0.3 is 0 Å². The lowest BCUT2D eigenvalue weighted by atomic mass is 10.1. The summed E-state index contributed by atoms with van der Waals surface area (Å²) in [6, 6.07) is 13.4. The molecule has 0 radical (unpaired) electrons. The SMILES string of the molecule is Cc1c(Cl)cccc1N1CCN(C(=O)Cc2ccc(Cl)cc2)CC1. The lowest BCUT2D eigenvalue weighted by Crippen LogP contribution is -2.49. The van der Waals surface area contributed by atoms with Gasteiger partial charge in [-0.05, 0) is 42.3 Å². The number of anilines is 1. The molecule has 1 heterocycles. The minimum Gasteiger partial charge on any atom is -0.368 e. The van der Waals surface area contributed by atoms with E-state index in [0.29, 0.717) is 11.4 Å². The number of nitrogens with zero attached hydrogens (tertiary/aromatic N) is 2. The summed E-state index contributed by atoms with van der Waals surface area (Å²) in [7, 11) is 0. The Morgan fingerprint density at radius 3 is 2.33 bits per heavy atom. The zero-order valence-corrected chi connectivity index (χ0v) is 15.1. The fourth-order valence-corrected chi connectivity index (χ4v) is 3.32. The Hall–Kier alpha value is -1.71. The second-order valence-corrected chi connectivity index (χ2v) is 6.90. The van der Waals surface area contributed by atoms with Gasteiger partial charge in [0, 0.05) is 41.9 Å². The van der Waals surface area contributed by atoms with E-state index in [0.717, 1.165) is 48.0 Å². The standard InChI is InChI=1S/C19H20Cl2N2O/c1-14-17(21)3-2-4-18(14)22-9-11-23(12-10-22)19(24)13-15-5-7-16(20)8-6-15/h2-8H,9-13H2,1H3. The van der Waals surface area contributed by atoms with Crippen molar-refractivity contribution in [3.05, 3.63) is 63.6 Å². The molecule has 0 spiro atoms. The molecule has 0 aliphatic carbocycles. The maximum Gasteiger partial charge on any atom is 0.227 e. The number of carbonyl (C=O) groups excluding carboxylic acids is 1. The lowest BCUT2D eigenvalue weighted by molar-refractivity contribution is -0.130. The molecule has 0 atom stereocenters. The van der Waals surface area contributed by atoms with E-state index >= 15 is 0 Å². The molecule has 1 aliphatic heterocycles. The maximum absolute atomic E-state index is 12.5. The van der Waals surface area contributed by atoms with Gasteiger partial charge in [-0.3, -0.25) is 4.79 Å². The van der Waals surface area contributed by atoms with Crippen LogP contribution in [0.25, 0.3) is 0 Å². The highest BCUT2D eigenvalue weighted by molar-refractivity contribution is 6.31. The van der Waals surface area contributed by atoms with Crippen molar-refractivity contribution >= 4 is 34.8 Å². The van der Waals surface area contributed by atoms with Gasteiger partial charge < -0.3 is 9.80 Å². The predicted octanol–water partition coefficient (Wildman–Crippen LogP) is 4.19. The Kier molecular flexibility index (Phi) is 5.32. The van der Waals surface area contributed by atoms with Crippen molar-refractivity contribution in [2.45, 2.75) is 13.3 Å². The third-order valence-corrected chi connectivity index (χ3v) is 5.14. The molecule has 0 aromatic heterocycles. The first-order chi connectivity index (χ1) is 11.5. The first kappa shape index (κ1) is 17.1. The molecule has 0 saturated carbocycles. The lowest BCUT2D eigenvalue weighted by Gasteiger charge is -2.37. The Morgan fingerprint density at radius 2 is 1.67 bits per heavy atom. The first-order valence-electron chi connectivity index (χ1n) is 8.07. The van der Waals surface area contributed by atoms with Crippen LogP contribution < -0.4 is 4.90 Å². The summed E-state index contributed by atoms with van der Waals surface area (Å²) >= 11 is 12.1.